The van der Waals surface area contributed by atoms with Crippen molar-refractivity contribution in [3.8, 4) is 0 Å². The number of hydrogen-bond acceptors (Lipinski definition) is 2. The van der Waals surface area contributed by atoms with E-state index in [1.807, 2.05) is 0 Å². The normalized spacial score (nSPS) is 18.8. The highest BCUT2D eigenvalue weighted by atomic mass is 15.5. The van der Waals surface area contributed by atoms with Gasteiger partial charge in [-0.2, -0.15) is 5.10 Å². The van der Waals surface area contributed by atoms with Crippen LogP contribution in [-0.4, -0.2) is 11.8 Å². The van der Waals surface area contributed by atoms with Crippen LogP contribution in [0.4, 0.5) is 5.69 Å². The molecule has 2 nitrogen and oxygen atoms in total. The maximum atomic E-state index is 5.20. The van der Waals surface area contributed by atoms with Gasteiger partial charge in [-0.05, 0) is 40.0 Å². The fraction of sp³-hybridized carbons (Fsp3) is 0.0645. The highest BCUT2D eigenvalue weighted by Gasteiger charge is 2.43. The predicted molar refractivity (Wildman–Crippen MR) is 137 cm³/mol. The molecule has 2 heteroatoms. The summed E-state index contributed by atoms with van der Waals surface area (Å²) in [7, 11) is 0. The third-order valence-electron chi connectivity index (χ3n) is 6.44. The second-order valence-electron chi connectivity index (χ2n) is 8.42. The number of rotatable bonds is 4. The van der Waals surface area contributed by atoms with Gasteiger partial charge in [0, 0.05) is 5.92 Å². The van der Waals surface area contributed by atoms with E-state index < -0.39 is 0 Å². The Balaban J connectivity index is 1.56. The monoisotopic (exact) mass is 424 g/mol. The van der Waals surface area contributed by atoms with Crippen molar-refractivity contribution >= 4 is 17.0 Å². The molecule has 1 aliphatic carbocycles. The van der Waals surface area contributed by atoms with Gasteiger partial charge >= 0.3 is 0 Å². The van der Waals surface area contributed by atoms with E-state index in [0.717, 1.165) is 11.4 Å². The maximum absolute atomic E-state index is 5.20. The largest absolute Gasteiger partial charge is 0.257 e. The van der Waals surface area contributed by atoms with Crippen molar-refractivity contribution in [1.82, 2.24) is 0 Å². The third-order valence-corrected chi connectivity index (χ3v) is 6.44. The standard InChI is InChI=1S/C31H24N2/c1-5-13-23(14-6-1)29(24-15-7-2-8-16-24)27-21-22-28-30(25-17-9-3-10-18-25)32-33(31(27)28)26-19-11-4-12-20-26/h1-22,28,31H/t28-,31-/m0/s1. The number of hydrazone groups is 1. The Kier molecular flexibility index (Phi) is 4.97. The van der Waals surface area contributed by atoms with Crippen molar-refractivity contribution in [2.24, 2.45) is 11.0 Å². The first-order valence-electron chi connectivity index (χ1n) is 11.4. The molecule has 0 N–H and O–H groups in total. The van der Waals surface area contributed by atoms with E-state index in [9.17, 15) is 0 Å². The van der Waals surface area contributed by atoms with E-state index in [0.29, 0.717) is 0 Å². The van der Waals surface area contributed by atoms with Crippen molar-refractivity contribution in [3.63, 3.8) is 0 Å². The molecule has 0 saturated carbocycles. The Bertz CT molecular complexity index is 1300. The Morgan fingerprint density at radius 3 is 1.70 bits per heavy atom. The molecule has 2 atom stereocenters. The summed E-state index contributed by atoms with van der Waals surface area (Å²) < 4.78 is 0. The van der Waals surface area contributed by atoms with Gasteiger partial charge in [0.25, 0.3) is 0 Å². The molecule has 6 rings (SSSR count). The molecular formula is C31H24N2. The summed E-state index contributed by atoms with van der Waals surface area (Å²) in [6.07, 6.45) is 4.65. The van der Waals surface area contributed by atoms with Crippen LogP contribution >= 0.6 is 0 Å². The van der Waals surface area contributed by atoms with Crippen LogP contribution in [0, 0.1) is 5.92 Å². The first-order valence-corrected chi connectivity index (χ1v) is 11.4. The average molecular weight is 425 g/mol. The Hall–Kier alpha value is -4.17. The second kappa shape index (κ2) is 8.40. The smallest absolute Gasteiger partial charge is 0.0900 e. The van der Waals surface area contributed by atoms with E-state index in [-0.39, 0.29) is 12.0 Å². The summed E-state index contributed by atoms with van der Waals surface area (Å²) in [5.41, 5.74) is 8.44. The van der Waals surface area contributed by atoms with E-state index in [2.05, 4.69) is 138 Å². The van der Waals surface area contributed by atoms with Crippen molar-refractivity contribution in [1.29, 1.82) is 0 Å². The summed E-state index contributed by atoms with van der Waals surface area (Å²) in [6.45, 7) is 0. The van der Waals surface area contributed by atoms with Crippen LogP contribution in [0.2, 0.25) is 0 Å². The molecule has 4 aromatic rings. The van der Waals surface area contributed by atoms with E-state index in [4.69, 9.17) is 5.10 Å². The van der Waals surface area contributed by atoms with Crippen molar-refractivity contribution in [2.45, 2.75) is 6.04 Å². The summed E-state index contributed by atoms with van der Waals surface area (Å²) >= 11 is 0. The van der Waals surface area contributed by atoms with Crippen LogP contribution in [-0.2, 0) is 0 Å². The summed E-state index contributed by atoms with van der Waals surface area (Å²) in [5.74, 6) is 0.199. The fourth-order valence-corrected chi connectivity index (χ4v) is 4.97. The molecule has 0 amide bonds. The number of anilines is 1. The molecule has 1 heterocycles. The minimum Gasteiger partial charge on any atom is -0.257 e. The molecule has 158 valence electrons. The van der Waals surface area contributed by atoms with Crippen LogP contribution in [0.3, 0.4) is 0 Å². The molecule has 0 spiro atoms. The van der Waals surface area contributed by atoms with Gasteiger partial charge in [-0.3, -0.25) is 5.01 Å². The van der Waals surface area contributed by atoms with Crippen LogP contribution < -0.4 is 5.01 Å². The highest BCUT2D eigenvalue weighted by Crippen LogP contribution is 2.43. The van der Waals surface area contributed by atoms with E-state index in [1.54, 1.807) is 0 Å². The number of hydrogen-bond donors (Lipinski definition) is 0. The Morgan fingerprint density at radius 2 is 1.12 bits per heavy atom. The molecule has 4 aromatic carbocycles. The number of fused-ring (bicyclic) bond motifs is 1. The second-order valence-corrected chi connectivity index (χ2v) is 8.42. The number of nitrogens with zero attached hydrogens (tertiary/aromatic N) is 2. The number of benzene rings is 4. The third kappa shape index (κ3) is 3.50. The quantitative estimate of drug-likeness (QED) is 0.345. The van der Waals surface area contributed by atoms with Gasteiger partial charge in [0.05, 0.1) is 17.4 Å². The zero-order valence-corrected chi connectivity index (χ0v) is 18.3. The molecule has 0 radical (unpaired) electrons. The molecule has 0 bridgehead atoms. The molecule has 33 heavy (non-hydrogen) atoms. The zero-order chi connectivity index (χ0) is 22.0. The van der Waals surface area contributed by atoms with Crippen molar-refractivity contribution < 1.29 is 0 Å². The molecule has 0 saturated heterocycles. The lowest BCUT2D eigenvalue weighted by molar-refractivity contribution is 0.705. The van der Waals surface area contributed by atoms with Gasteiger partial charge < -0.3 is 0 Å². The van der Waals surface area contributed by atoms with Gasteiger partial charge in [0.15, 0.2) is 0 Å². The fourth-order valence-electron chi connectivity index (χ4n) is 4.97. The van der Waals surface area contributed by atoms with Crippen molar-refractivity contribution in [2.75, 3.05) is 5.01 Å². The first-order chi connectivity index (χ1) is 16.4. The minimum absolute atomic E-state index is 0.109. The topological polar surface area (TPSA) is 15.6 Å². The van der Waals surface area contributed by atoms with Gasteiger partial charge in [-0.1, -0.05) is 121 Å². The van der Waals surface area contributed by atoms with Crippen molar-refractivity contribution in [3.05, 3.63) is 156 Å². The Morgan fingerprint density at radius 1 is 0.606 bits per heavy atom. The summed E-state index contributed by atoms with van der Waals surface area (Å²) in [4.78, 5) is 0. The lowest BCUT2D eigenvalue weighted by Crippen LogP contribution is -2.32. The van der Waals surface area contributed by atoms with Crippen LogP contribution in [0.5, 0.6) is 0 Å². The Labute approximate surface area is 194 Å². The van der Waals surface area contributed by atoms with Gasteiger partial charge in [-0.15, -0.1) is 0 Å². The molecule has 2 aliphatic rings. The zero-order valence-electron chi connectivity index (χ0n) is 18.3. The predicted octanol–water partition coefficient (Wildman–Crippen LogP) is 6.97. The van der Waals surface area contributed by atoms with Crippen LogP contribution in [0.15, 0.2) is 144 Å². The van der Waals surface area contributed by atoms with Crippen LogP contribution in [0.25, 0.3) is 5.57 Å². The first kappa shape index (κ1) is 19.5. The average Bonchev–Trinajstić information content (AvgIpc) is 3.48. The lowest BCUT2D eigenvalue weighted by atomic mass is 9.86. The summed E-state index contributed by atoms with van der Waals surface area (Å²) in [5, 5.41) is 7.41. The SMILES string of the molecule is C1=C[C@H]2C(c3ccccc3)=NN(c3ccccc3)[C@H]2C1=C(c1ccccc1)c1ccccc1. The van der Waals surface area contributed by atoms with E-state index >= 15 is 0 Å². The lowest BCUT2D eigenvalue weighted by Gasteiger charge is -2.27. The van der Waals surface area contributed by atoms with Crippen LogP contribution in [0.1, 0.15) is 16.7 Å². The van der Waals surface area contributed by atoms with Gasteiger partial charge in [-0.25, -0.2) is 0 Å². The molecule has 1 aliphatic heterocycles. The molecule has 0 aromatic heterocycles. The highest BCUT2D eigenvalue weighted by molar-refractivity contribution is 6.08. The number of para-hydroxylation sites is 1. The molecule has 0 unspecified atom stereocenters. The van der Waals surface area contributed by atoms with E-state index in [1.165, 1.54) is 27.8 Å². The molecular weight excluding hydrogens is 400 g/mol. The van der Waals surface area contributed by atoms with Gasteiger partial charge in [0.1, 0.15) is 0 Å². The molecule has 0 fully saturated rings. The van der Waals surface area contributed by atoms with Gasteiger partial charge in [0.2, 0.25) is 0 Å². The summed E-state index contributed by atoms with van der Waals surface area (Å²) in [6, 6.07) is 42.6. The maximum Gasteiger partial charge on any atom is 0.0900 e. The minimum atomic E-state index is 0.109.